The van der Waals surface area contributed by atoms with E-state index >= 15 is 0 Å². The van der Waals surface area contributed by atoms with Crippen LogP contribution in [-0.2, 0) is 6.54 Å². The van der Waals surface area contributed by atoms with E-state index in [1.54, 1.807) is 0 Å². The Kier molecular flexibility index (Phi) is 4.57. The van der Waals surface area contributed by atoms with Gasteiger partial charge in [-0.15, -0.1) is 0 Å². The van der Waals surface area contributed by atoms with Crippen molar-refractivity contribution in [2.24, 2.45) is 0 Å². The van der Waals surface area contributed by atoms with Crippen LogP contribution < -0.4 is 5.32 Å². The third kappa shape index (κ3) is 3.55. The van der Waals surface area contributed by atoms with E-state index in [2.05, 4.69) is 29.6 Å². The Balaban J connectivity index is 1.94. The van der Waals surface area contributed by atoms with Crippen molar-refractivity contribution in [1.29, 1.82) is 0 Å². The van der Waals surface area contributed by atoms with Crippen molar-refractivity contribution >= 4 is 0 Å². The van der Waals surface area contributed by atoms with Crippen molar-refractivity contribution in [2.45, 2.75) is 50.6 Å². The van der Waals surface area contributed by atoms with Crippen molar-refractivity contribution in [3.8, 4) is 0 Å². The molecule has 2 nitrogen and oxygen atoms in total. The van der Waals surface area contributed by atoms with Crippen LogP contribution in [0.25, 0.3) is 0 Å². The molecule has 1 aliphatic rings. The van der Waals surface area contributed by atoms with Crippen molar-refractivity contribution in [3.05, 3.63) is 35.9 Å². The fourth-order valence-electron chi connectivity index (χ4n) is 2.68. The molecule has 1 aromatic rings. The van der Waals surface area contributed by atoms with Crippen LogP contribution in [0.5, 0.6) is 0 Å². The smallest absolute Gasteiger partial charge is 0.0613 e. The Morgan fingerprint density at radius 2 is 1.65 bits per heavy atom. The predicted octanol–water partition coefficient (Wildman–Crippen LogP) is 2.86. The van der Waals surface area contributed by atoms with E-state index in [-0.39, 0.29) is 12.1 Å². The third-order valence-corrected chi connectivity index (χ3v) is 3.87. The number of rotatable bonds is 4. The summed E-state index contributed by atoms with van der Waals surface area (Å²) in [6.45, 7) is 1.13. The van der Waals surface area contributed by atoms with Crippen LogP contribution in [0.2, 0.25) is 0 Å². The lowest BCUT2D eigenvalue weighted by atomic mass is 9.91. The molecule has 0 bridgehead atoms. The minimum Gasteiger partial charge on any atom is -0.394 e. The fraction of sp³-hybridized carbons (Fsp3) is 0.600. The van der Waals surface area contributed by atoms with Gasteiger partial charge in [-0.1, -0.05) is 56.0 Å². The van der Waals surface area contributed by atoms with Gasteiger partial charge >= 0.3 is 0 Å². The standard InChI is InChI=1S/C15H23NO/c17-13-15(10-6-1-2-7-11-15)16-12-14-8-4-3-5-9-14/h3-5,8-9,16-17H,1-2,6-7,10-13H2. The summed E-state index contributed by atoms with van der Waals surface area (Å²) in [6, 6.07) is 10.4. The van der Waals surface area contributed by atoms with Gasteiger partial charge in [0.25, 0.3) is 0 Å². The Bertz CT molecular complexity index is 315. The van der Waals surface area contributed by atoms with E-state index in [0.29, 0.717) is 0 Å². The first kappa shape index (κ1) is 12.6. The van der Waals surface area contributed by atoms with Gasteiger partial charge in [0.15, 0.2) is 0 Å². The largest absolute Gasteiger partial charge is 0.394 e. The molecule has 1 aromatic carbocycles. The molecule has 1 fully saturated rings. The van der Waals surface area contributed by atoms with E-state index in [0.717, 1.165) is 19.4 Å². The van der Waals surface area contributed by atoms with Gasteiger partial charge in [-0.3, -0.25) is 0 Å². The monoisotopic (exact) mass is 233 g/mol. The van der Waals surface area contributed by atoms with Crippen LogP contribution in [-0.4, -0.2) is 17.3 Å². The number of hydrogen-bond donors (Lipinski definition) is 2. The molecular formula is C15H23NO. The minimum atomic E-state index is -0.0354. The van der Waals surface area contributed by atoms with Crippen LogP contribution in [0.1, 0.15) is 44.1 Å². The quantitative estimate of drug-likeness (QED) is 0.784. The highest BCUT2D eigenvalue weighted by Gasteiger charge is 2.29. The highest BCUT2D eigenvalue weighted by atomic mass is 16.3. The maximum atomic E-state index is 9.68. The lowest BCUT2D eigenvalue weighted by molar-refractivity contribution is 0.142. The second-order valence-corrected chi connectivity index (χ2v) is 5.19. The molecule has 0 spiro atoms. The second-order valence-electron chi connectivity index (χ2n) is 5.19. The molecule has 0 aliphatic heterocycles. The zero-order chi connectivity index (χ0) is 12.0. The van der Waals surface area contributed by atoms with Gasteiger partial charge in [0.05, 0.1) is 6.61 Å². The van der Waals surface area contributed by atoms with Crippen molar-refractivity contribution in [1.82, 2.24) is 5.32 Å². The summed E-state index contributed by atoms with van der Waals surface area (Å²) >= 11 is 0. The summed E-state index contributed by atoms with van der Waals surface area (Å²) in [5, 5.41) is 13.3. The number of aliphatic hydroxyl groups excluding tert-OH is 1. The molecule has 0 aromatic heterocycles. The molecule has 0 unspecified atom stereocenters. The molecule has 0 radical (unpaired) electrons. The second kappa shape index (κ2) is 6.18. The summed E-state index contributed by atoms with van der Waals surface area (Å²) in [4.78, 5) is 0. The lowest BCUT2D eigenvalue weighted by Crippen LogP contribution is -2.47. The Morgan fingerprint density at radius 3 is 2.24 bits per heavy atom. The molecule has 2 N–H and O–H groups in total. The normalized spacial score (nSPS) is 19.8. The molecule has 2 rings (SSSR count). The van der Waals surface area contributed by atoms with E-state index in [4.69, 9.17) is 0 Å². The number of hydrogen-bond acceptors (Lipinski definition) is 2. The number of aliphatic hydroxyl groups is 1. The molecule has 0 amide bonds. The van der Waals surface area contributed by atoms with E-state index in [1.165, 1.54) is 31.2 Å². The fourth-order valence-corrected chi connectivity index (χ4v) is 2.68. The SMILES string of the molecule is OCC1(NCc2ccccc2)CCCCCC1. The van der Waals surface area contributed by atoms with Crippen LogP contribution in [0.3, 0.4) is 0 Å². The zero-order valence-electron chi connectivity index (χ0n) is 10.5. The molecule has 94 valence electrons. The van der Waals surface area contributed by atoms with Gasteiger partial charge in [0.1, 0.15) is 0 Å². The maximum Gasteiger partial charge on any atom is 0.0613 e. The first-order valence-electron chi connectivity index (χ1n) is 6.74. The molecule has 2 heteroatoms. The topological polar surface area (TPSA) is 32.3 Å². The summed E-state index contributed by atoms with van der Waals surface area (Å²) < 4.78 is 0. The summed E-state index contributed by atoms with van der Waals surface area (Å²) in [6.07, 6.45) is 7.32. The molecule has 17 heavy (non-hydrogen) atoms. The Hall–Kier alpha value is -0.860. The highest BCUT2D eigenvalue weighted by Crippen LogP contribution is 2.27. The number of nitrogens with one attached hydrogen (secondary N) is 1. The molecule has 1 aliphatic carbocycles. The van der Waals surface area contributed by atoms with Crippen LogP contribution in [0, 0.1) is 0 Å². The molecule has 0 saturated heterocycles. The zero-order valence-corrected chi connectivity index (χ0v) is 10.5. The highest BCUT2D eigenvalue weighted by molar-refractivity contribution is 5.14. The summed E-state index contributed by atoms with van der Waals surface area (Å²) in [5.74, 6) is 0. The molecular weight excluding hydrogens is 210 g/mol. The van der Waals surface area contributed by atoms with Gasteiger partial charge in [-0.2, -0.15) is 0 Å². The first-order chi connectivity index (χ1) is 8.35. The van der Waals surface area contributed by atoms with Gasteiger partial charge in [-0.05, 0) is 18.4 Å². The molecule has 0 heterocycles. The van der Waals surface area contributed by atoms with Gasteiger partial charge in [0, 0.05) is 12.1 Å². The predicted molar refractivity (Wildman–Crippen MR) is 70.8 cm³/mol. The first-order valence-corrected chi connectivity index (χ1v) is 6.74. The minimum absolute atomic E-state index is 0.0354. The average molecular weight is 233 g/mol. The third-order valence-electron chi connectivity index (χ3n) is 3.87. The van der Waals surface area contributed by atoms with Gasteiger partial charge in [0.2, 0.25) is 0 Å². The van der Waals surface area contributed by atoms with Gasteiger partial charge < -0.3 is 10.4 Å². The molecule has 0 atom stereocenters. The molecule has 1 saturated carbocycles. The van der Waals surface area contributed by atoms with Crippen molar-refractivity contribution in [3.63, 3.8) is 0 Å². The van der Waals surface area contributed by atoms with E-state index in [1.807, 2.05) is 6.07 Å². The van der Waals surface area contributed by atoms with Crippen LogP contribution in [0.4, 0.5) is 0 Å². The van der Waals surface area contributed by atoms with Crippen LogP contribution >= 0.6 is 0 Å². The Labute approximate surface area is 104 Å². The summed E-state index contributed by atoms with van der Waals surface area (Å²) in [7, 11) is 0. The summed E-state index contributed by atoms with van der Waals surface area (Å²) in [5.41, 5.74) is 1.26. The van der Waals surface area contributed by atoms with Crippen LogP contribution in [0.15, 0.2) is 30.3 Å². The maximum absolute atomic E-state index is 9.68. The van der Waals surface area contributed by atoms with E-state index < -0.39 is 0 Å². The van der Waals surface area contributed by atoms with Crippen molar-refractivity contribution in [2.75, 3.05) is 6.61 Å². The van der Waals surface area contributed by atoms with Crippen molar-refractivity contribution < 1.29 is 5.11 Å². The van der Waals surface area contributed by atoms with E-state index in [9.17, 15) is 5.11 Å². The van der Waals surface area contributed by atoms with Gasteiger partial charge in [-0.25, -0.2) is 0 Å². The average Bonchev–Trinajstić information content (AvgIpc) is 2.64. The Morgan fingerprint density at radius 1 is 1.00 bits per heavy atom. The number of benzene rings is 1. The lowest BCUT2D eigenvalue weighted by Gasteiger charge is -2.32.